The van der Waals surface area contributed by atoms with Crippen molar-refractivity contribution >= 4 is 5.91 Å². The van der Waals surface area contributed by atoms with Crippen LogP contribution in [0.5, 0.6) is 0 Å². The van der Waals surface area contributed by atoms with Crippen LogP contribution >= 0.6 is 0 Å². The Morgan fingerprint density at radius 2 is 1.89 bits per heavy atom. The molecule has 4 heteroatoms. The molecular formula is C14H27N3O. The smallest absolute Gasteiger partial charge is 0.236 e. The third kappa shape index (κ3) is 4.58. The number of nitrogens with one attached hydrogen (secondary N) is 1. The van der Waals surface area contributed by atoms with Crippen LogP contribution in [-0.2, 0) is 4.79 Å². The zero-order valence-electron chi connectivity index (χ0n) is 11.8. The number of carbonyl (C=O) groups is 1. The van der Waals surface area contributed by atoms with Gasteiger partial charge in [0.2, 0.25) is 5.91 Å². The van der Waals surface area contributed by atoms with Crippen LogP contribution in [0.1, 0.15) is 32.1 Å². The fraction of sp³-hybridized carbons (Fsp3) is 0.929. The van der Waals surface area contributed by atoms with Crippen LogP contribution in [0.4, 0.5) is 0 Å². The van der Waals surface area contributed by atoms with Gasteiger partial charge in [0.25, 0.3) is 0 Å². The van der Waals surface area contributed by atoms with E-state index in [0.717, 1.165) is 19.0 Å². The summed E-state index contributed by atoms with van der Waals surface area (Å²) in [5.41, 5.74) is 0. The van der Waals surface area contributed by atoms with Crippen LogP contribution in [0.3, 0.4) is 0 Å². The summed E-state index contributed by atoms with van der Waals surface area (Å²) in [7, 11) is 3.66. The van der Waals surface area contributed by atoms with Crippen molar-refractivity contribution in [3.8, 4) is 0 Å². The highest BCUT2D eigenvalue weighted by atomic mass is 16.2. The lowest BCUT2D eigenvalue weighted by Gasteiger charge is -2.32. The summed E-state index contributed by atoms with van der Waals surface area (Å²) in [6.45, 7) is 3.88. The number of piperidine rings is 1. The Labute approximate surface area is 111 Å². The number of nitrogens with zero attached hydrogens (tertiary/aromatic N) is 2. The molecule has 0 aromatic rings. The van der Waals surface area contributed by atoms with Gasteiger partial charge in [0.1, 0.15) is 0 Å². The molecule has 18 heavy (non-hydrogen) atoms. The summed E-state index contributed by atoms with van der Waals surface area (Å²) in [6.07, 6.45) is 6.63. The van der Waals surface area contributed by atoms with Crippen LogP contribution < -0.4 is 5.32 Å². The Bertz CT molecular complexity index is 268. The Morgan fingerprint density at radius 3 is 2.44 bits per heavy atom. The van der Waals surface area contributed by atoms with Gasteiger partial charge in [0.15, 0.2) is 0 Å². The molecule has 2 fully saturated rings. The van der Waals surface area contributed by atoms with Gasteiger partial charge in [-0.3, -0.25) is 9.69 Å². The molecule has 1 heterocycles. The molecule has 0 spiro atoms. The van der Waals surface area contributed by atoms with E-state index in [1.807, 2.05) is 14.1 Å². The third-order valence-corrected chi connectivity index (χ3v) is 4.13. The van der Waals surface area contributed by atoms with E-state index in [1.165, 1.54) is 38.6 Å². The highest BCUT2D eigenvalue weighted by Crippen LogP contribution is 2.31. The van der Waals surface area contributed by atoms with Crippen molar-refractivity contribution in [3.05, 3.63) is 0 Å². The van der Waals surface area contributed by atoms with Crippen molar-refractivity contribution in [2.75, 3.05) is 40.3 Å². The van der Waals surface area contributed by atoms with Crippen molar-refractivity contribution in [2.45, 2.75) is 38.1 Å². The summed E-state index contributed by atoms with van der Waals surface area (Å²) in [5.74, 6) is 1.24. The molecule has 0 radical (unpaired) electrons. The monoisotopic (exact) mass is 253 g/mol. The second kappa shape index (κ2) is 6.53. The Kier molecular flexibility index (Phi) is 5.01. The van der Waals surface area contributed by atoms with Gasteiger partial charge in [0.05, 0.1) is 6.54 Å². The Balaban J connectivity index is 1.56. The minimum Gasteiger partial charge on any atom is -0.348 e. The standard InChI is InChI=1S/C14H27N3O/c1-16(2)14(18)11-17-9-6-13(7-10-17)15-8-5-12-3-4-12/h12-13,15H,3-11H2,1-2H3. The van der Waals surface area contributed by atoms with Crippen molar-refractivity contribution in [1.29, 1.82) is 0 Å². The average Bonchev–Trinajstić information content (AvgIpc) is 3.15. The fourth-order valence-corrected chi connectivity index (χ4v) is 2.53. The molecule has 0 aromatic heterocycles. The van der Waals surface area contributed by atoms with E-state index in [-0.39, 0.29) is 5.91 Å². The maximum atomic E-state index is 11.6. The average molecular weight is 253 g/mol. The molecule has 0 bridgehead atoms. The van der Waals surface area contributed by atoms with Crippen LogP contribution in [0.2, 0.25) is 0 Å². The molecule has 0 atom stereocenters. The molecule has 1 aliphatic heterocycles. The normalized spacial score (nSPS) is 22.1. The lowest BCUT2D eigenvalue weighted by atomic mass is 10.0. The third-order valence-electron chi connectivity index (χ3n) is 4.13. The van der Waals surface area contributed by atoms with Crippen molar-refractivity contribution in [3.63, 3.8) is 0 Å². The first-order valence-electron chi connectivity index (χ1n) is 7.31. The van der Waals surface area contributed by atoms with Gasteiger partial charge in [-0.1, -0.05) is 12.8 Å². The van der Waals surface area contributed by atoms with Gasteiger partial charge in [-0.15, -0.1) is 0 Å². The van der Waals surface area contributed by atoms with Crippen LogP contribution in [0, 0.1) is 5.92 Å². The SMILES string of the molecule is CN(C)C(=O)CN1CCC(NCCC2CC2)CC1. The molecular weight excluding hydrogens is 226 g/mol. The second-order valence-corrected chi connectivity index (χ2v) is 6.02. The first-order valence-corrected chi connectivity index (χ1v) is 7.31. The number of likely N-dealkylation sites (tertiary alicyclic amines) is 1. The van der Waals surface area contributed by atoms with Gasteiger partial charge in [0, 0.05) is 33.2 Å². The van der Waals surface area contributed by atoms with E-state index in [2.05, 4.69) is 10.2 Å². The summed E-state index contributed by atoms with van der Waals surface area (Å²) in [6, 6.07) is 0.675. The van der Waals surface area contributed by atoms with E-state index in [9.17, 15) is 4.79 Å². The highest BCUT2D eigenvalue weighted by Gasteiger charge is 2.23. The van der Waals surface area contributed by atoms with E-state index in [1.54, 1.807) is 4.90 Å². The van der Waals surface area contributed by atoms with Gasteiger partial charge < -0.3 is 10.2 Å². The van der Waals surface area contributed by atoms with Crippen molar-refractivity contribution in [1.82, 2.24) is 15.1 Å². The molecule has 2 rings (SSSR count). The molecule has 1 saturated heterocycles. The number of rotatable bonds is 6. The van der Waals surface area contributed by atoms with Crippen LogP contribution in [0.15, 0.2) is 0 Å². The predicted octanol–water partition coefficient (Wildman–Crippen LogP) is 0.929. The fourth-order valence-electron chi connectivity index (χ4n) is 2.53. The van der Waals surface area contributed by atoms with E-state index in [0.29, 0.717) is 12.6 Å². The first-order chi connectivity index (χ1) is 8.65. The number of hydrogen-bond acceptors (Lipinski definition) is 3. The van der Waals surface area contributed by atoms with E-state index in [4.69, 9.17) is 0 Å². The lowest BCUT2D eigenvalue weighted by molar-refractivity contribution is -0.130. The number of amides is 1. The summed E-state index contributed by atoms with van der Waals surface area (Å²) in [4.78, 5) is 15.6. The molecule has 0 unspecified atom stereocenters. The Morgan fingerprint density at radius 1 is 1.22 bits per heavy atom. The molecule has 0 aromatic carbocycles. The van der Waals surface area contributed by atoms with E-state index < -0.39 is 0 Å². The predicted molar refractivity (Wildman–Crippen MR) is 73.5 cm³/mol. The maximum absolute atomic E-state index is 11.6. The minimum absolute atomic E-state index is 0.218. The van der Waals surface area contributed by atoms with Crippen LogP contribution in [0.25, 0.3) is 0 Å². The number of carbonyl (C=O) groups excluding carboxylic acids is 1. The van der Waals surface area contributed by atoms with E-state index >= 15 is 0 Å². The second-order valence-electron chi connectivity index (χ2n) is 6.02. The Hall–Kier alpha value is -0.610. The number of likely N-dealkylation sites (N-methyl/N-ethyl adjacent to an activating group) is 1. The largest absolute Gasteiger partial charge is 0.348 e. The molecule has 2 aliphatic rings. The number of hydrogen-bond donors (Lipinski definition) is 1. The molecule has 1 N–H and O–H groups in total. The minimum atomic E-state index is 0.218. The quantitative estimate of drug-likeness (QED) is 0.765. The summed E-state index contributed by atoms with van der Waals surface area (Å²) < 4.78 is 0. The van der Waals surface area contributed by atoms with Crippen molar-refractivity contribution < 1.29 is 4.79 Å². The highest BCUT2D eigenvalue weighted by molar-refractivity contribution is 5.77. The van der Waals surface area contributed by atoms with Gasteiger partial charge in [-0.2, -0.15) is 0 Å². The zero-order valence-corrected chi connectivity index (χ0v) is 11.8. The van der Waals surface area contributed by atoms with Gasteiger partial charge in [-0.25, -0.2) is 0 Å². The summed E-state index contributed by atoms with van der Waals surface area (Å²) >= 11 is 0. The lowest BCUT2D eigenvalue weighted by Crippen LogP contribution is -2.46. The maximum Gasteiger partial charge on any atom is 0.236 e. The van der Waals surface area contributed by atoms with Crippen LogP contribution in [-0.4, -0.2) is 62.0 Å². The molecule has 1 saturated carbocycles. The van der Waals surface area contributed by atoms with Crippen molar-refractivity contribution in [2.24, 2.45) is 5.92 Å². The van der Waals surface area contributed by atoms with Gasteiger partial charge >= 0.3 is 0 Å². The molecule has 1 aliphatic carbocycles. The zero-order chi connectivity index (χ0) is 13.0. The molecule has 4 nitrogen and oxygen atoms in total. The molecule has 104 valence electrons. The molecule has 1 amide bonds. The summed E-state index contributed by atoms with van der Waals surface area (Å²) in [5, 5.41) is 3.67. The van der Waals surface area contributed by atoms with Gasteiger partial charge in [-0.05, 0) is 31.7 Å². The first kappa shape index (κ1) is 13.8. The topological polar surface area (TPSA) is 35.6 Å².